The molecule has 1 aromatic carbocycles. The van der Waals surface area contributed by atoms with E-state index in [9.17, 15) is 19.7 Å². The largest absolute Gasteiger partial charge is 0.457 e. The Morgan fingerprint density at radius 3 is 2.61 bits per heavy atom. The first kappa shape index (κ1) is 16.5. The third-order valence-electron chi connectivity index (χ3n) is 2.79. The Kier molecular flexibility index (Phi) is 4.35. The van der Waals surface area contributed by atoms with Crippen molar-refractivity contribution in [2.24, 2.45) is 0 Å². The van der Waals surface area contributed by atoms with Crippen LogP contribution < -0.4 is 0 Å². The third kappa shape index (κ3) is 4.06. The van der Waals surface area contributed by atoms with Crippen molar-refractivity contribution < 1.29 is 24.0 Å². The minimum atomic E-state index is -0.790. The van der Waals surface area contributed by atoms with E-state index in [2.05, 4.69) is 4.98 Å². The summed E-state index contributed by atoms with van der Waals surface area (Å²) in [6, 6.07) is 5.90. The van der Waals surface area contributed by atoms with Crippen molar-refractivity contribution in [3.05, 3.63) is 40.1 Å². The number of rotatable bonds is 4. The lowest BCUT2D eigenvalue weighted by molar-refractivity contribution is -0.383. The molecule has 0 amide bonds. The molecule has 0 spiro atoms. The molecule has 1 aromatic heterocycles. The maximum Gasteiger partial charge on any atom is 0.355 e. The number of aromatic nitrogens is 1. The first-order valence-corrected chi connectivity index (χ1v) is 6.82. The number of non-ortho nitro benzene ring substituents is 1. The second kappa shape index (κ2) is 6.07. The van der Waals surface area contributed by atoms with E-state index in [1.54, 1.807) is 26.8 Å². The van der Waals surface area contributed by atoms with Gasteiger partial charge in [-0.15, -0.1) is 0 Å². The molecule has 2 aromatic rings. The summed E-state index contributed by atoms with van der Waals surface area (Å²) in [5.41, 5.74) is -0.571. The van der Waals surface area contributed by atoms with Gasteiger partial charge in [-0.25, -0.2) is 9.59 Å². The van der Waals surface area contributed by atoms with Crippen LogP contribution in [0.5, 0.6) is 0 Å². The summed E-state index contributed by atoms with van der Waals surface area (Å²) in [5.74, 6) is -1.46. The molecular weight excluding hydrogens is 304 g/mol. The minimum Gasteiger partial charge on any atom is -0.457 e. The molecule has 0 aliphatic carbocycles. The molecule has 0 saturated heterocycles. The summed E-state index contributed by atoms with van der Waals surface area (Å²) in [6.07, 6.45) is 0. The van der Waals surface area contributed by atoms with Gasteiger partial charge in [0, 0.05) is 11.5 Å². The van der Waals surface area contributed by atoms with E-state index in [4.69, 9.17) is 9.47 Å². The maximum atomic E-state index is 11.9. The molecule has 8 heteroatoms. The van der Waals surface area contributed by atoms with E-state index < -0.39 is 29.1 Å². The van der Waals surface area contributed by atoms with Crippen LogP contribution in [0.25, 0.3) is 10.9 Å². The van der Waals surface area contributed by atoms with Crippen LogP contribution >= 0.6 is 0 Å². The molecule has 0 aliphatic heterocycles. The number of para-hydroxylation sites is 1. The Labute approximate surface area is 131 Å². The van der Waals surface area contributed by atoms with Crippen molar-refractivity contribution in [2.75, 3.05) is 6.61 Å². The molecule has 23 heavy (non-hydrogen) atoms. The quantitative estimate of drug-likeness (QED) is 0.526. The Hall–Kier alpha value is -2.90. The van der Waals surface area contributed by atoms with Gasteiger partial charge in [0.2, 0.25) is 0 Å². The van der Waals surface area contributed by atoms with Crippen molar-refractivity contribution in [3.63, 3.8) is 0 Å². The van der Waals surface area contributed by atoms with Gasteiger partial charge in [0.1, 0.15) is 16.8 Å². The zero-order valence-corrected chi connectivity index (χ0v) is 12.9. The highest BCUT2D eigenvalue weighted by Gasteiger charge is 2.20. The van der Waals surface area contributed by atoms with Gasteiger partial charge in [0.05, 0.1) is 4.92 Å². The fourth-order valence-electron chi connectivity index (χ4n) is 1.98. The van der Waals surface area contributed by atoms with Crippen LogP contribution in [-0.4, -0.2) is 34.1 Å². The number of nitrogens with one attached hydrogen (secondary N) is 1. The van der Waals surface area contributed by atoms with Crippen molar-refractivity contribution in [1.29, 1.82) is 0 Å². The first-order valence-electron chi connectivity index (χ1n) is 6.82. The van der Waals surface area contributed by atoms with Gasteiger partial charge in [-0.1, -0.05) is 12.1 Å². The summed E-state index contributed by atoms with van der Waals surface area (Å²) >= 11 is 0. The number of esters is 2. The molecule has 1 N–H and O–H groups in total. The molecule has 0 bridgehead atoms. The number of H-pyrrole nitrogens is 1. The van der Waals surface area contributed by atoms with Crippen molar-refractivity contribution in [2.45, 2.75) is 26.4 Å². The van der Waals surface area contributed by atoms with E-state index in [0.717, 1.165) is 0 Å². The SMILES string of the molecule is CC(C)(C)OC(=O)COC(=O)c1cc2cccc([N+](=O)[O-])c2[nH]1. The highest BCUT2D eigenvalue weighted by Crippen LogP contribution is 2.25. The number of nitrogens with zero attached hydrogens (tertiary/aromatic N) is 1. The van der Waals surface area contributed by atoms with Crippen LogP contribution in [0.3, 0.4) is 0 Å². The highest BCUT2D eigenvalue weighted by molar-refractivity contribution is 5.98. The van der Waals surface area contributed by atoms with Crippen LogP contribution in [0.4, 0.5) is 5.69 Å². The maximum absolute atomic E-state index is 11.9. The predicted molar refractivity (Wildman–Crippen MR) is 81.1 cm³/mol. The molecule has 122 valence electrons. The molecule has 0 unspecified atom stereocenters. The number of benzene rings is 1. The molecule has 0 atom stereocenters. The van der Waals surface area contributed by atoms with Crippen molar-refractivity contribution in [3.8, 4) is 0 Å². The second-order valence-corrected chi connectivity index (χ2v) is 5.84. The van der Waals surface area contributed by atoms with Crippen LogP contribution in [0, 0.1) is 10.1 Å². The fourth-order valence-corrected chi connectivity index (χ4v) is 1.98. The van der Waals surface area contributed by atoms with Gasteiger partial charge >= 0.3 is 11.9 Å². The first-order chi connectivity index (χ1) is 10.7. The van der Waals surface area contributed by atoms with Crippen molar-refractivity contribution in [1.82, 2.24) is 4.98 Å². The number of ether oxygens (including phenoxy) is 2. The number of hydrogen-bond donors (Lipinski definition) is 1. The van der Waals surface area contributed by atoms with Gasteiger partial charge in [0.25, 0.3) is 5.69 Å². The molecule has 8 nitrogen and oxygen atoms in total. The van der Waals surface area contributed by atoms with Crippen LogP contribution in [-0.2, 0) is 14.3 Å². The van der Waals surface area contributed by atoms with Gasteiger partial charge in [-0.2, -0.15) is 0 Å². The number of nitro groups is 1. The van der Waals surface area contributed by atoms with Gasteiger partial charge < -0.3 is 14.5 Å². The zero-order valence-electron chi connectivity index (χ0n) is 12.9. The van der Waals surface area contributed by atoms with Crippen LogP contribution in [0.1, 0.15) is 31.3 Å². The lowest BCUT2D eigenvalue weighted by atomic mass is 10.2. The second-order valence-electron chi connectivity index (χ2n) is 5.84. The number of fused-ring (bicyclic) bond motifs is 1. The smallest absolute Gasteiger partial charge is 0.355 e. The number of hydrogen-bond acceptors (Lipinski definition) is 6. The lowest BCUT2D eigenvalue weighted by Crippen LogP contribution is -2.27. The van der Waals surface area contributed by atoms with Crippen LogP contribution in [0.15, 0.2) is 24.3 Å². The molecule has 1 heterocycles. The molecule has 0 radical (unpaired) electrons. The monoisotopic (exact) mass is 320 g/mol. The number of carbonyl (C=O) groups is 2. The summed E-state index contributed by atoms with van der Waals surface area (Å²) in [6.45, 7) is 4.56. The minimum absolute atomic E-state index is 0.0258. The molecule has 0 fully saturated rings. The highest BCUT2D eigenvalue weighted by atomic mass is 16.6. The van der Waals surface area contributed by atoms with Gasteiger partial charge in [-0.3, -0.25) is 10.1 Å². The molecular formula is C15H16N2O6. The number of aromatic amines is 1. The molecule has 2 rings (SSSR count). The zero-order chi connectivity index (χ0) is 17.2. The molecule has 0 aliphatic rings. The lowest BCUT2D eigenvalue weighted by Gasteiger charge is -2.19. The summed E-state index contributed by atoms with van der Waals surface area (Å²) in [4.78, 5) is 36.5. The fraction of sp³-hybridized carbons (Fsp3) is 0.333. The van der Waals surface area contributed by atoms with E-state index >= 15 is 0 Å². The third-order valence-corrected chi connectivity index (χ3v) is 2.79. The van der Waals surface area contributed by atoms with E-state index in [0.29, 0.717) is 5.39 Å². The number of nitro benzene ring substituents is 1. The summed E-state index contributed by atoms with van der Waals surface area (Å²) in [7, 11) is 0. The molecule has 0 saturated carbocycles. The Morgan fingerprint density at radius 2 is 2.00 bits per heavy atom. The van der Waals surface area contributed by atoms with Gasteiger partial charge in [-0.05, 0) is 26.8 Å². The van der Waals surface area contributed by atoms with Crippen molar-refractivity contribution >= 4 is 28.5 Å². The standard InChI is InChI=1S/C15H16N2O6/c1-15(2,3)23-12(18)8-22-14(19)10-7-9-5-4-6-11(17(20)21)13(9)16-10/h4-7,16H,8H2,1-3H3. The van der Waals surface area contributed by atoms with Crippen LogP contribution in [0.2, 0.25) is 0 Å². The van der Waals surface area contributed by atoms with Gasteiger partial charge in [0.15, 0.2) is 6.61 Å². The average Bonchev–Trinajstić information content (AvgIpc) is 2.86. The Balaban J connectivity index is 2.11. The normalized spacial score (nSPS) is 11.3. The van der Waals surface area contributed by atoms with E-state index in [1.165, 1.54) is 18.2 Å². The average molecular weight is 320 g/mol. The summed E-state index contributed by atoms with van der Waals surface area (Å²) in [5, 5.41) is 11.5. The Bertz CT molecular complexity index is 772. The number of carbonyl (C=O) groups excluding carboxylic acids is 2. The topological polar surface area (TPSA) is 112 Å². The summed E-state index contributed by atoms with van der Waals surface area (Å²) < 4.78 is 9.87. The van der Waals surface area contributed by atoms with E-state index in [1.807, 2.05) is 0 Å². The van der Waals surface area contributed by atoms with E-state index in [-0.39, 0.29) is 16.9 Å². The predicted octanol–water partition coefficient (Wildman–Crippen LogP) is 2.57. The Morgan fingerprint density at radius 1 is 1.30 bits per heavy atom.